The molecule has 0 radical (unpaired) electrons. The summed E-state index contributed by atoms with van der Waals surface area (Å²) in [7, 11) is -3.78. The Labute approximate surface area is 173 Å². The van der Waals surface area contributed by atoms with E-state index in [-0.39, 0.29) is 23.2 Å². The van der Waals surface area contributed by atoms with E-state index in [2.05, 4.69) is 10.0 Å². The maximum Gasteiger partial charge on any atom is 0.261 e. The Morgan fingerprint density at radius 1 is 1.00 bits per heavy atom. The normalized spacial score (nSPS) is 11.1. The highest BCUT2D eigenvalue weighted by Gasteiger charge is 2.16. The van der Waals surface area contributed by atoms with E-state index in [1.807, 2.05) is 0 Å². The average Bonchev–Trinajstić information content (AvgIpc) is 2.69. The number of sulfonamides is 1. The summed E-state index contributed by atoms with van der Waals surface area (Å²) in [4.78, 5) is 12.4. The molecule has 0 saturated heterocycles. The highest BCUT2D eigenvalue weighted by Crippen LogP contribution is 2.22. The third-order valence-corrected chi connectivity index (χ3v) is 5.86. The van der Waals surface area contributed by atoms with Crippen molar-refractivity contribution >= 4 is 33.2 Å². The second kappa shape index (κ2) is 8.63. The number of rotatable bonds is 6. The van der Waals surface area contributed by atoms with Crippen molar-refractivity contribution in [2.75, 3.05) is 4.72 Å². The van der Waals surface area contributed by atoms with E-state index in [0.29, 0.717) is 21.8 Å². The van der Waals surface area contributed by atoms with Crippen LogP contribution in [-0.2, 0) is 16.6 Å². The summed E-state index contributed by atoms with van der Waals surface area (Å²) in [5, 5.41) is 3.19. The van der Waals surface area contributed by atoms with E-state index >= 15 is 0 Å². The first kappa shape index (κ1) is 20.8. The van der Waals surface area contributed by atoms with Gasteiger partial charge < -0.3 is 5.32 Å². The van der Waals surface area contributed by atoms with Crippen molar-refractivity contribution in [3.05, 3.63) is 94.3 Å². The maximum atomic E-state index is 12.9. The van der Waals surface area contributed by atoms with Crippen molar-refractivity contribution in [1.29, 1.82) is 0 Å². The molecule has 3 aromatic rings. The number of benzene rings is 3. The van der Waals surface area contributed by atoms with E-state index in [1.165, 1.54) is 48.5 Å². The summed E-state index contributed by atoms with van der Waals surface area (Å²) in [6.45, 7) is 1.96. The molecule has 2 N–H and O–H groups in total. The minimum absolute atomic E-state index is 0.0856. The summed E-state index contributed by atoms with van der Waals surface area (Å²) in [6, 6.07) is 16.3. The lowest BCUT2D eigenvalue weighted by molar-refractivity contribution is 0.0951. The average molecular weight is 433 g/mol. The van der Waals surface area contributed by atoms with Gasteiger partial charge in [0.2, 0.25) is 0 Å². The second-order valence-corrected chi connectivity index (χ2v) is 8.52. The first-order chi connectivity index (χ1) is 13.7. The van der Waals surface area contributed by atoms with Crippen molar-refractivity contribution in [1.82, 2.24) is 5.32 Å². The van der Waals surface area contributed by atoms with Crippen molar-refractivity contribution in [3.63, 3.8) is 0 Å². The first-order valence-corrected chi connectivity index (χ1v) is 10.5. The quantitative estimate of drug-likeness (QED) is 0.601. The molecule has 0 fully saturated rings. The number of carbonyl (C=O) groups excluding carboxylic acids is 1. The van der Waals surface area contributed by atoms with E-state index in [0.717, 1.165) is 5.56 Å². The molecule has 0 aliphatic heterocycles. The Kier molecular flexibility index (Phi) is 6.20. The van der Waals surface area contributed by atoms with Gasteiger partial charge in [-0.15, -0.1) is 0 Å². The van der Waals surface area contributed by atoms with Gasteiger partial charge in [-0.3, -0.25) is 9.52 Å². The number of hydrogen-bond donors (Lipinski definition) is 2. The molecule has 0 aliphatic carbocycles. The molecule has 8 heteroatoms. The van der Waals surface area contributed by atoms with E-state index in [1.54, 1.807) is 25.1 Å². The monoisotopic (exact) mass is 432 g/mol. The smallest absolute Gasteiger partial charge is 0.261 e. The highest BCUT2D eigenvalue weighted by atomic mass is 35.5. The van der Waals surface area contributed by atoms with Crippen molar-refractivity contribution in [2.24, 2.45) is 0 Å². The molecule has 0 unspecified atom stereocenters. The van der Waals surface area contributed by atoms with Crippen molar-refractivity contribution in [2.45, 2.75) is 18.4 Å². The number of hydrogen-bond acceptors (Lipinski definition) is 3. The number of aryl methyl sites for hydroxylation is 1. The van der Waals surface area contributed by atoms with Crippen LogP contribution in [0.5, 0.6) is 0 Å². The highest BCUT2D eigenvalue weighted by molar-refractivity contribution is 7.92. The molecule has 150 valence electrons. The molecule has 3 aromatic carbocycles. The molecule has 5 nitrogen and oxygen atoms in total. The maximum absolute atomic E-state index is 12.9. The van der Waals surface area contributed by atoms with Crippen LogP contribution in [0, 0.1) is 12.7 Å². The predicted molar refractivity (Wildman–Crippen MR) is 111 cm³/mol. The molecule has 0 atom stereocenters. The van der Waals surface area contributed by atoms with Gasteiger partial charge >= 0.3 is 0 Å². The topological polar surface area (TPSA) is 75.3 Å². The minimum atomic E-state index is -3.78. The van der Waals surface area contributed by atoms with Crippen LogP contribution in [0.2, 0.25) is 5.02 Å². The zero-order chi connectivity index (χ0) is 21.0. The molecule has 0 heterocycles. The molecule has 0 aliphatic rings. The van der Waals surface area contributed by atoms with Crippen molar-refractivity contribution in [3.8, 4) is 0 Å². The largest absolute Gasteiger partial charge is 0.348 e. The van der Waals surface area contributed by atoms with Gasteiger partial charge in [0, 0.05) is 17.1 Å². The number of anilines is 1. The number of nitrogens with one attached hydrogen (secondary N) is 2. The molecule has 0 aromatic heterocycles. The fraction of sp³-hybridized carbons (Fsp3) is 0.0952. The predicted octanol–water partition coefficient (Wildman–Crippen LogP) is 4.52. The second-order valence-electron chi connectivity index (χ2n) is 6.40. The summed E-state index contributed by atoms with van der Waals surface area (Å²) in [5.41, 5.74) is 2.12. The van der Waals surface area contributed by atoms with Crippen LogP contribution < -0.4 is 10.0 Å². The molecule has 0 saturated carbocycles. The molecule has 29 heavy (non-hydrogen) atoms. The van der Waals surface area contributed by atoms with Gasteiger partial charge in [-0.1, -0.05) is 23.7 Å². The lowest BCUT2D eigenvalue weighted by Gasteiger charge is -2.12. The lowest BCUT2D eigenvalue weighted by Crippen LogP contribution is -2.23. The van der Waals surface area contributed by atoms with E-state index < -0.39 is 10.0 Å². The summed E-state index contributed by atoms with van der Waals surface area (Å²) in [5.74, 6) is -0.656. The first-order valence-electron chi connectivity index (χ1n) is 8.66. The summed E-state index contributed by atoms with van der Waals surface area (Å²) < 4.78 is 40.5. The third-order valence-electron chi connectivity index (χ3n) is 4.22. The van der Waals surface area contributed by atoms with Crippen LogP contribution in [0.15, 0.2) is 71.6 Å². The minimum Gasteiger partial charge on any atom is -0.348 e. The Morgan fingerprint density at radius 2 is 1.66 bits per heavy atom. The number of carbonyl (C=O) groups is 1. The van der Waals surface area contributed by atoms with Gasteiger partial charge in [0.15, 0.2) is 0 Å². The standard InChI is InChI=1S/C21H18ClFN2O3S/c1-14-12-16(21(26)24-13-15-2-7-18(23)8-3-15)4-11-20(14)25-29(27,28)19-9-5-17(22)6-10-19/h2-12,25H,13H2,1H3,(H,24,26). The molecular weight excluding hydrogens is 415 g/mol. The van der Waals surface area contributed by atoms with Gasteiger partial charge in [-0.25, -0.2) is 12.8 Å². The number of amides is 1. The van der Waals surface area contributed by atoms with E-state index in [9.17, 15) is 17.6 Å². The van der Waals surface area contributed by atoms with Gasteiger partial charge in [-0.05, 0) is 72.6 Å². The Morgan fingerprint density at radius 3 is 2.28 bits per heavy atom. The fourth-order valence-electron chi connectivity index (χ4n) is 2.62. The summed E-state index contributed by atoms with van der Waals surface area (Å²) in [6.07, 6.45) is 0. The summed E-state index contributed by atoms with van der Waals surface area (Å²) >= 11 is 5.80. The van der Waals surface area contributed by atoms with Crippen LogP contribution in [0.3, 0.4) is 0 Å². The molecule has 0 spiro atoms. The lowest BCUT2D eigenvalue weighted by atomic mass is 10.1. The van der Waals surface area contributed by atoms with Crippen LogP contribution in [0.1, 0.15) is 21.5 Å². The number of halogens is 2. The molecule has 3 rings (SSSR count). The molecular formula is C21H18ClFN2O3S. The fourth-order valence-corrected chi connectivity index (χ4v) is 3.88. The Balaban J connectivity index is 1.70. The Hall–Kier alpha value is -2.90. The van der Waals surface area contributed by atoms with Crippen molar-refractivity contribution < 1.29 is 17.6 Å². The van der Waals surface area contributed by atoms with Crippen LogP contribution in [0.25, 0.3) is 0 Å². The van der Waals surface area contributed by atoms with Crippen LogP contribution in [0.4, 0.5) is 10.1 Å². The Bertz CT molecular complexity index is 1130. The van der Waals surface area contributed by atoms with E-state index in [4.69, 9.17) is 11.6 Å². The van der Waals surface area contributed by atoms with Gasteiger partial charge in [0.05, 0.1) is 10.6 Å². The van der Waals surface area contributed by atoms with Gasteiger partial charge in [-0.2, -0.15) is 0 Å². The zero-order valence-electron chi connectivity index (χ0n) is 15.4. The SMILES string of the molecule is Cc1cc(C(=O)NCc2ccc(F)cc2)ccc1NS(=O)(=O)c1ccc(Cl)cc1. The van der Waals surface area contributed by atoms with Gasteiger partial charge in [0.25, 0.3) is 15.9 Å². The van der Waals surface area contributed by atoms with Crippen LogP contribution in [-0.4, -0.2) is 14.3 Å². The van der Waals surface area contributed by atoms with Gasteiger partial charge in [0.1, 0.15) is 5.82 Å². The zero-order valence-corrected chi connectivity index (χ0v) is 17.0. The van der Waals surface area contributed by atoms with Crippen LogP contribution >= 0.6 is 11.6 Å². The molecule has 1 amide bonds. The molecule has 0 bridgehead atoms. The third kappa shape index (κ3) is 5.34.